The molecule has 0 aliphatic rings. The lowest BCUT2D eigenvalue weighted by atomic mass is 10.1. The van der Waals surface area contributed by atoms with Crippen LogP contribution in [0.25, 0.3) is 10.1 Å². The molecule has 0 aliphatic heterocycles. The molecule has 0 saturated carbocycles. The highest BCUT2D eigenvalue weighted by Gasteiger charge is 2.07. The molecule has 1 heterocycles. The lowest BCUT2D eigenvalue weighted by molar-refractivity contribution is 0.630. The molecule has 0 fully saturated rings. The molecule has 0 spiro atoms. The lowest BCUT2D eigenvalue weighted by Crippen LogP contribution is -1.76. The van der Waals surface area contributed by atoms with Crippen molar-refractivity contribution in [3.8, 4) is 0 Å². The van der Waals surface area contributed by atoms with Gasteiger partial charge in [0, 0.05) is 9.58 Å². The number of benzene rings is 1. The Morgan fingerprint density at radius 3 is 2.92 bits per heavy atom. The van der Waals surface area contributed by atoms with Crippen molar-refractivity contribution in [2.45, 2.75) is 12.8 Å². The van der Waals surface area contributed by atoms with Crippen molar-refractivity contribution in [3.63, 3.8) is 0 Å². The highest BCUT2D eigenvalue weighted by Crippen LogP contribution is 2.31. The predicted molar refractivity (Wildman–Crippen MR) is 56.1 cm³/mol. The second kappa shape index (κ2) is 3.28. The lowest BCUT2D eigenvalue weighted by Gasteiger charge is -1.92. The van der Waals surface area contributed by atoms with Crippen molar-refractivity contribution >= 4 is 33.0 Å². The first-order valence-electron chi connectivity index (χ1n) is 3.96. The summed E-state index contributed by atoms with van der Waals surface area (Å²) in [7, 11) is 0. The standard InChI is InChI=1S/C10H8ClFS/c1-6-8-4-7(12)2-3-9(8)13-10(6)5-11/h2-4H,5H2,1H3. The van der Waals surface area contributed by atoms with E-state index in [1.807, 2.05) is 6.92 Å². The Hall–Kier alpha value is -0.600. The number of hydrogen-bond acceptors (Lipinski definition) is 1. The number of halogens is 2. The van der Waals surface area contributed by atoms with Gasteiger partial charge < -0.3 is 0 Å². The third kappa shape index (κ3) is 1.45. The highest BCUT2D eigenvalue weighted by atomic mass is 35.5. The number of fused-ring (bicyclic) bond motifs is 1. The fraction of sp³-hybridized carbons (Fsp3) is 0.200. The van der Waals surface area contributed by atoms with E-state index in [0.29, 0.717) is 5.88 Å². The van der Waals surface area contributed by atoms with Gasteiger partial charge in [0.25, 0.3) is 0 Å². The summed E-state index contributed by atoms with van der Waals surface area (Å²) in [5.41, 5.74) is 1.11. The third-order valence-electron chi connectivity index (χ3n) is 2.12. The summed E-state index contributed by atoms with van der Waals surface area (Å²) in [6.45, 7) is 1.98. The van der Waals surface area contributed by atoms with Gasteiger partial charge >= 0.3 is 0 Å². The zero-order valence-electron chi connectivity index (χ0n) is 7.10. The van der Waals surface area contributed by atoms with Gasteiger partial charge in [-0.15, -0.1) is 22.9 Å². The van der Waals surface area contributed by atoms with E-state index in [0.717, 1.165) is 20.5 Å². The maximum atomic E-state index is 12.9. The minimum atomic E-state index is -0.186. The van der Waals surface area contributed by atoms with Gasteiger partial charge in [0.05, 0.1) is 5.88 Å². The van der Waals surface area contributed by atoms with E-state index in [9.17, 15) is 4.39 Å². The Kier molecular flexibility index (Phi) is 2.26. The molecule has 0 saturated heterocycles. The van der Waals surface area contributed by atoms with Crippen LogP contribution in [-0.2, 0) is 5.88 Å². The van der Waals surface area contributed by atoms with Crippen LogP contribution < -0.4 is 0 Å². The summed E-state index contributed by atoms with van der Waals surface area (Å²) in [6.07, 6.45) is 0. The van der Waals surface area contributed by atoms with E-state index >= 15 is 0 Å². The van der Waals surface area contributed by atoms with E-state index in [4.69, 9.17) is 11.6 Å². The SMILES string of the molecule is Cc1c(CCl)sc2ccc(F)cc12. The van der Waals surface area contributed by atoms with E-state index in [1.54, 1.807) is 23.5 Å². The molecule has 2 rings (SSSR count). The van der Waals surface area contributed by atoms with Crippen molar-refractivity contribution in [2.75, 3.05) is 0 Å². The van der Waals surface area contributed by atoms with Crippen LogP contribution in [-0.4, -0.2) is 0 Å². The molecule has 0 radical (unpaired) electrons. The highest BCUT2D eigenvalue weighted by molar-refractivity contribution is 7.19. The van der Waals surface area contributed by atoms with Crippen LogP contribution in [0.1, 0.15) is 10.4 Å². The van der Waals surface area contributed by atoms with E-state index < -0.39 is 0 Å². The number of alkyl halides is 1. The molecule has 0 aliphatic carbocycles. The van der Waals surface area contributed by atoms with Crippen molar-refractivity contribution in [2.24, 2.45) is 0 Å². The summed E-state index contributed by atoms with van der Waals surface area (Å²) >= 11 is 7.39. The molecule has 0 nitrogen and oxygen atoms in total. The quantitative estimate of drug-likeness (QED) is 0.628. The second-order valence-corrected chi connectivity index (χ2v) is 4.33. The molecular weight excluding hydrogens is 207 g/mol. The molecular formula is C10H8ClFS. The van der Waals surface area contributed by atoms with Gasteiger partial charge in [-0.05, 0) is 36.1 Å². The van der Waals surface area contributed by atoms with Crippen LogP contribution in [0.3, 0.4) is 0 Å². The average Bonchev–Trinajstić information content (AvgIpc) is 2.44. The normalized spacial score (nSPS) is 11.0. The van der Waals surface area contributed by atoms with Gasteiger partial charge in [-0.3, -0.25) is 0 Å². The predicted octanol–water partition coefficient (Wildman–Crippen LogP) is 4.09. The number of aryl methyl sites for hydroxylation is 1. The first-order chi connectivity index (χ1) is 6.22. The Balaban J connectivity index is 2.77. The molecule has 2 aromatic rings. The topological polar surface area (TPSA) is 0 Å². The summed E-state index contributed by atoms with van der Waals surface area (Å²) in [5.74, 6) is 0.321. The fourth-order valence-corrected chi connectivity index (χ4v) is 2.78. The monoisotopic (exact) mass is 214 g/mol. The summed E-state index contributed by atoms with van der Waals surface area (Å²) in [5, 5.41) is 0.987. The number of thiophene rings is 1. The molecule has 68 valence electrons. The van der Waals surface area contributed by atoms with Gasteiger partial charge in [0.2, 0.25) is 0 Å². The Morgan fingerprint density at radius 1 is 1.46 bits per heavy atom. The summed E-state index contributed by atoms with van der Waals surface area (Å²) in [4.78, 5) is 1.13. The molecule has 1 aromatic carbocycles. The van der Waals surface area contributed by atoms with Crippen molar-refractivity contribution in [3.05, 3.63) is 34.5 Å². The van der Waals surface area contributed by atoms with Crippen LogP contribution in [0.5, 0.6) is 0 Å². The van der Waals surface area contributed by atoms with E-state index in [1.165, 1.54) is 6.07 Å². The molecule has 0 atom stereocenters. The van der Waals surface area contributed by atoms with Crippen molar-refractivity contribution in [1.82, 2.24) is 0 Å². The van der Waals surface area contributed by atoms with Crippen LogP contribution in [0.4, 0.5) is 4.39 Å². The van der Waals surface area contributed by atoms with Gasteiger partial charge in [0.1, 0.15) is 5.82 Å². The van der Waals surface area contributed by atoms with Crippen LogP contribution in [0.2, 0.25) is 0 Å². The fourth-order valence-electron chi connectivity index (χ4n) is 1.37. The van der Waals surface area contributed by atoms with Crippen LogP contribution >= 0.6 is 22.9 Å². The molecule has 0 amide bonds. The molecule has 13 heavy (non-hydrogen) atoms. The average molecular weight is 215 g/mol. The van der Waals surface area contributed by atoms with Crippen molar-refractivity contribution in [1.29, 1.82) is 0 Å². The minimum absolute atomic E-state index is 0.186. The third-order valence-corrected chi connectivity index (χ3v) is 3.82. The molecule has 1 aromatic heterocycles. The van der Waals surface area contributed by atoms with Gasteiger partial charge in [-0.1, -0.05) is 0 Å². The molecule has 0 bridgehead atoms. The summed E-state index contributed by atoms with van der Waals surface area (Å²) in [6, 6.07) is 4.85. The first kappa shape index (κ1) is 8.97. The number of hydrogen-bond donors (Lipinski definition) is 0. The Bertz CT molecular complexity index is 447. The number of rotatable bonds is 1. The first-order valence-corrected chi connectivity index (χ1v) is 5.31. The van der Waals surface area contributed by atoms with Gasteiger partial charge in [-0.2, -0.15) is 0 Å². The maximum absolute atomic E-state index is 12.9. The Morgan fingerprint density at radius 2 is 2.23 bits per heavy atom. The van der Waals surface area contributed by atoms with Crippen LogP contribution in [0, 0.1) is 12.7 Å². The largest absolute Gasteiger partial charge is 0.207 e. The zero-order chi connectivity index (χ0) is 9.42. The molecule has 3 heteroatoms. The zero-order valence-corrected chi connectivity index (χ0v) is 8.68. The molecule has 0 N–H and O–H groups in total. The maximum Gasteiger partial charge on any atom is 0.123 e. The van der Waals surface area contributed by atoms with Gasteiger partial charge in [-0.25, -0.2) is 4.39 Å². The van der Waals surface area contributed by atoms with Crippen molar-refractivity contribution < 1.29 is 4.39 Å². The van der Waals surface area contributed by atoms with Crippen LogP contribution in [0.15, 0.2) is 18.2 Å². The summed E-state index contributed by atoms with van der Waals surface area (Å²) < 4.78 is 14.0. The minimum Gasteiger partial charge on any atom is -0.207 e. The second-order valence-electron chi connectivity index (χ2n) is 2.92. The smallest absolute Gasteiger partial charge is 0.123 e. The molecule has 0 unspecified atom stereocenters. The van der Waals surface area contributed by atoms with E-state index in [2.05, 4.69) is 0 Å². The van der Waals surface area contributed by atoms with Gasteiger partial charge in [0.15, 0.2) is 0 Å². The Labute approximate surface area is 85.0 Å². The van der Waals surface area contributed by atoms with E-state index in [-0.39, 0.29) is 5.82 Å².